The van der Waals surface area contributed by atoms with Crippen molar-refractivity contribution < 1.29 is 10.2 Å². The fourth-order valence-corrected chi connectivity index (χ4v) is 2.91. The topological polar surface area (TPSA) is 40.5 Å². The molecule has 0 spiro atoms. The van der Waals surface area contributed by atoms with Gasteiger partial charge in [-0.25, -0.2) is 0 Å². The summed E-state index contributed by atoms with van der Waals surface area (Å²) in [7, 11) is 0. The molecular formula is C14H11Cl4IO2. The smallest absolute Gasteiger partial charge is 0.0711 e. The minimum absolute atomic E-state index is 0.113. The van der Waals surface area contributed by atoms with E-state index in [0.717, 1.165) is 3.57 Å². The Bertz CT molecular complexity index is 600. The molecule has 0 saturated carbocycles. The molecule has 0 aliphatic rings. The quantitative estimate of drug-likeness (QED) is 0.436. The summed E-state index contributed by atoms with van der Waals surface area (Å²) in [6.07, 6.45) is 0. The average Bonchev–Trinajstić information content (AvgIpc) is 2.45. The molecule has 0 heterocycles. The zero-order chi connectivity index (χ0) is 16.0. The number of halogens is 5. The summed E-state index contributed by atoms with van der Waals surface area (Å²) in [6, 6.07) is 8.66. The van der Waals surface area contributed by atoms with Crippen molar-refractivity contribution in [3.05, 3.63) is 65.1 Å². The van der Waals surface area contributed by atoms with Crippen molar-refractivity contribution in [1.29, 1.82) is 0 Å². The average molecular weight is 480 g/mol. The molecule has 0 saturated heterocycles. The van der Waals surface area contributed by atoms with E-state index in [1.54, 1.807) is 24.3 Å². The lowest BCUT2D eigenvalue weighted by Gasteiger charge is -2.04. The van der Waals surface area contributed by atoms with Crippen LogP contribution in [0.15, 0.2) is 30.3 Å². The first-order chi connectivity index (χ1) is 9.92. The van der Waals surface area contributed by atoms with Crippen molar-refractivity contribution in [2.45, 2.75) is 13.2 Å². The largest absolute Gasteiger partial charge is 0.392 e. The number of aliphatic hydroxyl groups is 2. The van der Waals surface area contributed by atoms with Crippen molar-refractivity contribution in [2.75, 3.05) is 0 Å². The molecule has 0 amide bonds. The van der Waals surface area contributed by atoms with Gasteiger partial charge in [0.05, 0.1) is 18.2 Å². The van der Waals surface area contributed by atoms with Gasteiger partial charge in [-0.15, -0.1) is 0 Å². The van der Waals surface area contributed by atoms with Crippen molar-refractivity contribution in [3.63, 3.8) is 0 Å². The summed E-state index contributed by atoms with van der Waals surface area (Å²) >= 11 is 25.1. The lowest BCUT2D eigenvalue weighted by molar-refractivity contribution is 0.281. The van der Waals surface area contributed by atoms with Gasteiger partial charge in [-0.05, 0) is 46.9 Å². The Labute approximate surface area is 156 Å². The second kappa shape index (κ2) is 9.40. The highest BCUT2D eigenvalue weighted by Crippen LogP contribution is 2.28. The molecule has 0 aliphatic heterocycles. The highest BCUT2D eigenvalue weighted by atomic mass is 127. The van der Waals surface area contributed by atoms with Gasteiger partial charge >= 0.3 is 0 Å². The zero-order valence-electron chi connectivity index (χ0n) is 10.6. The Balaban J connectivity index is 0.000000211. The van der Waals surface area contributed by atoms with Gasteiger partial charge in [0.2, 0.25) is 0 Å². The molecule has 2 nitrogen and oxygen atoms in total. The maximum atomic E-state index is 8.85. The molecule has 0 unspecified atom stereocenters. The molecule has 2 N–H and O–H groups in total. The van der Waals surface area contributed by atoms with E-state index in [9.17, 15) is 0 Å². The van der Waals surface area contributed by atoms with E-state index >= 15 is 0 Å². The van der Waals surface area contributed by atoms with Crippen LogP contribution in [0.5, 0.6) is 0 Å². The number of hydrogen-bond acceptors (Lipinski definition) is 2. The second-order valence-electron chi connectivity index (χ2n) is 3.84. The third-order valence-electron chi connectivity index (χ3n) is 2.52. The zero-order valence-corrected chi connectivity index (χ0v) is 15.8. The lowest BCUT2D eigenvalue weighted by atomic mass is 10.2. The monoisotopic (exact) mass is 478 g/mol. The third-order valence-corrected chi connectivity index (χ3v) is 5.23. The summed E-state index contributed by atoms with van der Waals surface area (Å²) in [4.78, 5) is 0. The molecule has 0 atom stereocenters. The molecule has 0 radical (unpaired) electrons. The number of benzene rings is 2. The van der Waals surface area contributed by atoms with E-state index in [2.05, 4.69) is 22.6 Å². The second-order valence-corrected chi connectivity index (χ2v) is 6.60. The predicted molar refractivity (Wildman–Crippen MR) is 97.5 cm³/mol. The summed E-state index contributed by atoms with van der Waals surface area (Å²) in [6.45, 7) is -0.229. The van der Waals surface area contributed by atoms with Crippen LogP contribution in [0.3, 0.4) is 0 Å². The number of aliphatic hydroxyl groups excluding tert-OH is 2. The van der Waals surface area contributed by atoms with Crippen LogP contribution >= 0.6 is 69.0 Å². The normalized spacial score (nSPS) is 10.0. The summed E-state index contributed by atoms with van der Waals surface area (Å²) < 4.78 is 0.901. The highest BCUT2D eigenvalue weighted by molar-refractivity contribution is 14.1. The van der Waals surface area contributed by atoms with Gasteiger partial charge in [0.25, 0.3) is 0 Å². The molecule has 0 aliphatic carbocycles. The summed E-state index contributed by atoms with van der Waals surface area (Å²) in [5, 5.41) is 19.7. The van der Waals surface area contributed by atoms with Gasteiger partial charge in [-0.1, -0.05) is 52.5 Å². The number of rotatable bonds is 2. The highest BCUT2D eigenvalue weighted by Gasteiger charge is 2.06. The maximum Gasteiger partial charge on any atom is 0.0711 e. The van der Waals surface area contributed by atoms with Gasteiger partial charge in [0.1, 0.15) is 0 Å². The number of hydrogen-bond donors (Lipinski definition) is 2. The molecule has 0 aromatic heterocycles. The Morgan fingerprint density at radius 3 is 1.62 bits per heavy atom. The summed E-state index contributed by atoms with van der Waals surface area (Å²) in [5.74, 6) is 0. The molecule has 21 heavy (non-hydrogen) atoms. The van der Waals surface area contributed by atoms with Crippen LogP contribution in [0.2, 0.25) is 20.1 Å². The standard InChI is InChI=1S/C7H5Cl2IO.C7H6Cl2O/c8-5-1-2-6(10)7(9)4(5)3-11;8-6-2-1-3-7(9)5(6)4-10/h1-2,11H,3H2;1-3,10H,4H2. The van der Waals surface area contributed by atoms with Gasteiger partial charge in [-0.2, -0.15) is 0 Å². The fourth-order valence-electron chi connectivity index (χ4n) is 1.40. The molecule has 2 aromatic rings. The molecule has 0 bridgehead atoms. The van der Waals surface area contributed by atoms with Crippen molar-refractivity contribution in [3.8, 4) is 0 Å². The van der Waals surface area contributed by atoms with Crippen LogP contribution in [0, 0.1) is 3.57 Å². The van der Waals surface area contributed by atoms with E-state index in [1.807, 2.05) is 6.07 Å². The Morgan fingerprint density at radius 1 is 0.762 bits per heavy atom. The first-order valence-electron chi connectivity index (χ1n) is 5.69. The predicted octanol–water partition coefficient (Wildman–Crippen LogP) is 5.58. The van der Waals surface area contributed by atoms with Gasteiger partial charge < -0.3 is 10.2 Å². The Hall–Kier alpha value is 0.250. The maximum absolute atomic E-state index is 8.85. The minimum Gasteiger partial charge on any atom is -0.392 e. The molecule has 2 aromatic carbocycles. The molecule has 0 fully saturated rings. The lowest BCUT2D eigenvalue weighted by Crippen LogP contribution is -1.88. The van der Waals surface area contributed by atoms with E-state index in [0.29, 0.717) is 31.2 Å². The third kappa shape index (κ3) is 5.43. The first-order valence-corrected chi connectivity index (χ1v) is 8.28. The SMILES string of the molecule is OCc1c(Cl)ccc(I)c1Cl.OCc1c(Cl)cccc1Cl. The molecular weight excluding hydrogens is 469 g/mol. The summed E-state index contributed by atoms with van der Waals surface area (Å²) in [5.41, 5.74) is 1.19. The van der Waals surface area contributed by atoms with E-state index < -0.39 is 0 Å². The Morgan fingerprint density at radius 2 is 1.24 bits per heavy atom. The fraction of sp³-hybridized carbons (Fsp3) is 0.143. The molecule has 114 valence electrons. The van der Waals surface area contributed by atoms with Crippen LogP contribution in [-0.2, 0) is 13.2 Å². The minimum atomic E-state index is -0.117. The molecule has 7 heteroatoms. The van der Waals surface area contributed by atoms with Gasteiger partial charge in [0, 0.05) is 29.8 Å². The van der Waals surface area contributed by atoms with E-state index in [1.165, 1.54) is 0 Å². The van der Waals surface area contributed by atoms with Crippen LogP contribution in [0.25, 0.3) is 0 Å². The van der Waals surface area contributed by atoms with Crippen LogP contribution in [0.4, 0.5) is 0 Å². The van der Waals surface area contributed by atoms with E-state index in [4.69, 9.17) is 56.6 Å². The first kappa shape index (κ1) is 19.3. The van der Waals surface area contributed by atoms with Gasteiger partial charge in [0.15, 0.2) is 0 Å². The van der Waals surface area contributed by atoms with Crippen molar-refractivity contribution in [1.82, 2.24) is 0 Å². The van der Waals surface area contributed by atoms with Crippen LogP contribution in [0.1, 0.15) is 11.1 Å². The van der Waals surface area contributed by atoms with E-state index in [-0.39, 0.29) is 13.2 Å². The van der Waals surface area contributed by atoms with Crippen LogP contribution in [-0.4, -0.2) is 10.2 Å². The van der Waals surface area contributed by atoms with Crippen molar-refractivity contribution >= 4 is 69.0 Å². The van der Waals surface area contributed by atoms with Crippen molar-refractivity contribution in [2.24, 2.45) is 0 Å². The van der Waals surface area contributed by atoms with Gasteiger partial charge in [-0.3, -0.25) is 0 Å². The van der Waals surface area contributed by atoms with Crippen LogP contribution < -0.4 is 0 Å². The Kier molecular flexibility index (Phi) is 8.64. The molecule has 2 rings (SSSR count).